The van der Waals surface area contributed by atoms with E-state index in [1.54, 1.807) is 42.9 Å². The average molecular weight is 409 g/mol. The number of H-pyrrole nitrogens is 1. The summed E-state index contributed by atoms with van der Waals surface area (Å²) in [5.74, 6) is -1.50. The van der Waals surface area contributed by atoms with Crippen LogP contribution in [0, 0.1) is 0 Å². The second-order valence-electron chi connectivity index (χ2n) is 7.44. The van der Waals surface area contributed by atoms with Crippen LogP contribution in [0.15, 0.2) is 90.9 Å². The van der Waals surface area contributed by atoms with E-state index in [1.807, 2.05) is 42.5 Å². The van der Waals surface area contributed by atoms with Gasteiger partial charge in [0.15, 0.2) is 0 Å². The number of aromatic amines is 1. The van der Waals surface area contributed by atoms with Crippen LogP contribution in [0.25, 0.3) is 16.7 Å². The van der Waals surface area contributed by atoms with Crippen LogP contribution in [-0.2, 0) is 16.1 Å². The van der Waals surface area contributed by atoms with Gasteiger partial charge in [0.25, 0.3) is 11.7 Å². The summed E-state index contributed by atoms with van der Waals surface area (Å²) < 4.78 is 0. The van der Waals surface area contributed by atoms with E-state index in [0.29, 0.717) is 5.56 Å². The molecular formula is C25H19N3O3. The number of carbonyl (C=O) groups excluding carboxylic acids is 2. The highest BCUT2D eigenvalue weighted by Crippen LogP contribution is 2.42. The first-order valence-electron chi connectivity index (χ1n) is 9.94. The van der Waals surface area contributed by atoms with Crippen molar-refractivity contribution in [1.82, 2.24) is 14.9 Å². The van der Waals surface area contributed by atoms with Crippen molar-refractivity contribution in [2.24, 2.45) is 0 Å². The molecule has 1 atom stereocenters. The van der Waals surface area contributed by atoms with Crippen LogP contribution in [0.3, 0.4) is 0 Å². The number of nitrogens with zero attached hydrogens (tertiary/aromatic N) is 2. The minimum absolute atomic E-state index is 0.0926. The summed E-state index contributed by atoms with van der Waals surface area (Å²) in [4.78, 5) is 35.0. The fourth-order valence-electron chi connectivity index (χ4n) is 4.12. The SMILES string of the molecule is O=C1C(=O)N(Cc2ccncc2)C(c2c[nH]c3ccccc23)/C1=C(\O)c1ccccc1. The molecule has 1 unspecified atom stereocenters. The lowest BCUT2D eigenvalue weighted by atomic mass is 9.95. The number of fused-ring (bicyclic) bond motifs is 1. The van der Waals surface area contributed by atoms with E-state index >= 15 is 0 Å². The van der Waals surface area contributed by atoms with Gasteiger partial charge in [0.05, 0.1) is 11.6 Å². The van der Waals surface area contributed by atoms with Crippen LogP contribution in [0.4, 0.5) is 0 Å². The molecule has 0 aliphatic carbocycles. The van der Waals surface area contributed by atoms with E-state index in [0.717, 1.165) is 22.0 Å². The molecule has 31 heavy (non-hydrogen) atoms. The fraction of sp³-hybridized carbons (Fsp3) is 0.0800. The average Bonchev–Trinajstić information content (AvgIpc) is 3.34. The molecule has 2 aromatic heterocycles. The van der Waals surface area contributed by atoms with Crippen LogP contribution >= 0.6 is 0 Å². The molecule has 0 saturated carbocycles. The van der Waals surface area contributed by atoms with Crippen LogP contribution in [0.2, 0.25) is 0 Å². The van der Waals surface area contributed by atoms with Gasteiger partial charge in [0.2, 0.25) is 0 Å². The molecule has 6 heteroatoms. The monoisotopic (exact) mass is 409 g/mol. The first kappa shape index (κ1) is 18.8. The predicted molar refractivity (Wildman–Crippen MR) is 117 cm³/mol. The highest BCUT2D eigenvalue weighted by Gasteiger charge is 2.46. The van der Waals surface area contributed by atoms with Gasteiger partial charge in [0, 0.05) is 47.2 Å². The van der Waals surface area contributed by atoms with E-state index in [4.69, 9.17) is 0 Å². The molecule has 152 valence electrons. The van der Waals surface area contributed by atoms with E-state index in [1.165, 1.54) is 4.90 Å². The predicted octanol–water partition coefficient (Wildman–Crippen LogP) is 4.18. The number of rotatable bonds is 4. The highest BCUT2D eigenvalue weighted by molar-refractivity contribution is 6.46. The Morgan fingerprint density at radius 1 is 0.968 bits per heavy atom. The Hall–Kier alpha value is -4.19. The molecule has 4 aromatic rings. The first-order valence-corrected chi connectivity index (χ1v) is 9.94. The molecule has 2 aromatic carbocycles. The second-order valence-corrected chi connectivity index (χ2v) is 7.44. The summed E-state index contributed by atoms with van der Waals surface area (Å²) in [6, 6.07) is 19.4. The van der Waals surface area contributed by atoms with Crippen molar-refractivity contribution >= 4 is 28.4 Å². The smallest absolute Gasteiger partial charge is 0.295 e. The normalized spacial score (nSPS) is 18.1. The Labute approximate surface area is 178 Å². The number of para-hydroxylation sites is 1. The van der Waals surface area contributed by atoms with Gasteiger partial charge in [-0.3, -0.25) is 14.6 Å². The van der Waals surface area contributed by atoms with E-state index in [2.05, 4.69) is 9.97 Å². The third-order valence-electron chi connectivity index (χ3n) is 5.61. The lowest BCUT2D eigenvalue weighted by Crippen LogP contribution is -2.29. The Bertz CT molecular complexity index is 1310. The molecule has 1 amide bonds. The van der Waals surface area contributed by atoms with Crippen molar-refractivity contribution in [2.45, 2.75) is 12.6 Å². The van der Waals surface area contributed by atoms with Crippen LogP contribution < -0.4 is 0 Å². The summed E-state index contributed by atoms with van der Waals surface area (Å²) in [5.41, 5.74) is 3.10. The van der Waals surface area contributed by atoms with Gasteiger partial charge in [-0.1, -0.05) is 48.5 Å². The van der Waals surface area contributed by atoms with Gasteiger partial charge >= 0.3 is 0 Å². The Morgan fingerprint density at radius 2 is 1.68 bits per heavy atom. The number of pyridine rings is 1. The number of Topliss-reactive ketones (excluding diaryl/α,β-unsaturated/α-hetero) is 1. The largest absolute Gasteiger partial charge is 0.507 e. The van der Waals surface area contributed by atoms with Crippen molar-refractivity contribution in [1.29, 1.82) is 0 Å². The summed E-state index contributed by atoms with van der Waals surface area (Å²) >= 11 is 0. The molecule has 2 N–H and O–H groups in total. The number of carbonyl (C=O) groups is 2. The maximum absolute atomic E-state index is 13.1. The Kier molecular flexibility index (Phi) is 4.59. The molecule has 5 rings (SSSR count). The van der Waals surface area contributed by atoms with E-state index in [-0.39, 0.29) is 17.9 Å². The van der Waals surface area contributed by atoms with Crippen molar-refractivity contribution in [3.05, 3.63) is 108 Å². The molecule has 6 nitrogen and oxygen atoms in total. The fourth-order valence-corrected chi connectivity index (χ4v) is 4.12. The number of aromatic nitrogens is 2. The molecule has 0 bridgehead atoms. The van der Waals surface area contributed by atoms with Crippen LogP contribution in [-0.4, -0.2) is 31.7 Å². The van der Waals surface area contributed by atoms with E-state index in [9.17, 15) is 14.7 Å². The van der Waals surface area contributed by atoms with Gasteiger partial charge < -0.3 is 15.0 Å². The zero-order valence-electron chi connectivity index (χ0n) is 16.5. The summed E-state index contributed by atoms with van der Waals surface area (Å²) in [6.07, 6.45) is 5.10. The number of ketones is 1. The lowest BCUT2D eigenvalue weighted by molar-refractivity contribution is -0.140. The first-order chi connectivity index (χ1) is 15.1. The lowest BCUT2D eigenvalue weighted by Gasteiger charge is -2.25. The topological polar surface area (TPSA) is 86.3 Å². The van der Waals surface area contributed by atoms with Crippen molar-refractivity contribution in [3.63, 3.8) is 0 Å². The second kappa shape index (κ2) is 7.57. The number of aliphatic hydroxyl groups excluding tert-OH is 1. The van der Waals surface area contributed by atoms with Crippen molar-refractivity contribution in [2.75, 3.05) is 0 Å². The number of amides is 1. The molecule has 0 spiro atoms. The minimum Gasteiger partial charge on any atom is -0.507 e. The molecule has 1 saturated heterocycles. The summed E-state index contributed by atoms with van der Waals surface area (Å²) in [6.45, 7) is 0.225. The van der Waals surface area contributed by atoms with Crippen molar-refractivity contribution < 1.29 is 14.7 Å². The van der Waals surface area contributed by atoms with E-state index < -0.39 is 17.7 Å². The number of hydrogen-bond acceptors (Lipinski definition) is 4. The number of hydrogen-bond donors (Lipinski definition) is 2. The van der Waals surface area contributed by atoms with Crippen LogP contribution in [0.1, 0.15) is 22.7 Å². The molecule has 1 fully saturated rings. The van der Waals surface area contributed by atoms with Gasteiger partial charge in [-0.05, 0) is 23.8 Å². The highest BCUT2D eigenvalue weighted by atomic mass is 16.3. The van der Waals surface area contributed by atoms with Gasteiger partial charge in [-0.15, -0.1) is 0 Å². The zero-order chi connectivity index (χ0) is 21.4. The maximum Gasteiger partial charge on any atom is 0.295 e. The summed E-state index contributed by atoms with van der Waals surface area (Å²) in [5, 5.41) is 12.0. The van der Waals surface area contributed by atoms with Crippen molar-refractivity contribution in [3.8, 4) is 0 Å². The van der Waals surface area contributed by atoms with Gasteiger partial charge in [-0.25, -0.2) is 0 Å². The third kappa shape index (κ3) is 3.18. The number of likely N-dealkylation sites (tertiary alicyclic amines) is 1. The number of benzene rings is 2. The summed E-state index contributed by atoms with van der Waals surface area (Å²) in [7, 11) is 0. The quantitative estimate of drug-likeness (QED) is 0.301. The molecule has 1 aliphatic heterocycles. The molecular weight excluding hydrogens is 390 g/mol. The third-order valence-corrected chi connectivity index (χ3v) is 5.61. The zero-order valence-corrected chi connectivity index (χ0v) is 16.5. The molecule has 1 aliphatic rings. The van der Waals surface area contributed by atoms with Gasteiger partial charge in [0.1, 0.15) is 5.76 Å². The van der Waals surface area contributed by atoms with Crippen LogP contribution in [0.5, 0.6) is 0 Å². The molecule has 3 heterocycles. The number of nitrogens with one attached hydrogen (secondary N) is 1. The Balaban J connectivity index is 1.71. The minimum atomic E-state index is -0.718. The van der Waals surface area contributed by atoms with Gasteiger partial charge in [-0.2, -0.15) is 0 Å². The standard InChI is InChI=1S/C25H19N3O3/c29-23(17-6-2-1-3-7-17)21-22(19-14-27-20-9-5-4-8-18(19)20)28(25(31)24(21)30)15-16-10-12-26-13-11-16/h1-14,22,27,29H,15H2/b23-21+. The maximum atomic E-state index is 13.1. The molecule has 0 radical (unpaired) electrons. The number of aliphatic hydroxyl groups is 1. The Morgan fingerprint density at radius 3 is 2.45 bits per heavy atom.